The average Bonchev–Trinajstić information content (AvgIpc) is 2.29. The van der Waals surface area contributed by atoms with E-state index in [-0.39, 0.29) is 6.04 Å². The van der Waals surface area contributed by atoms with E-state index in [0.29, 0.717) is 15.8 Å². The van der Waals surface area contributed by atoms with Crippen LogP contribution in [0.2, 0.25) is 0 Å². The number of hydrogen-bond donors (Lipinski definition) is 2. The van der Waals surface area contributed by atoms with Crippen LogP contribution in [0.4, 0.5) is 10.9 Å². The standard InChI is InChI=1S/C7H10N4S/c1-4(2)10-6-5(3-8)12-7(9)11-6/h4,10H,1-2H3,(H2,9,11). The van der Waals surface area contributed by atoms with Crippen LogP contribution in [0.3, 0.4) is 0 Å². The zero-order valence-corrected chi connectivity index (χ0v) is 7.77. The van der Waals surface area contributed by atoms with Gasteiger partial charge in [-0.1, -0.05) is 11.3 Å². The van der Waals surface area contributed by atoms with Gasteiger partial charge in [-0.3, -0.25) is 0 Å². The number of rotatable bonds is 2. The number of thiazole rings is 1. The first-order valence-corrected chi connectivity index (χ1v) is 4.38. The molecule has 0 saturated heterocycles. The molecule has 0 atom stereocenters. The predicted molar refractivity (Wildman–Crippen MR) is 50.0 cm³/mol. The van der Waals surface area contributed by atoms with Crippen molar-refractivity contribution in [2.45, 2.75) is 19.9 Å². The van der Waals surface area contributed by atoms with Crippen molar-refractivity contribution in [3.63, 3.8) is 0 Å². The summed E-state index contributed by atoms with van der Waals surface area (Å²) in [6, 6.07) is 2.30. The maximum atomic E-state index is 8.67. The van der Waals surface area contributed by atoms with E-state index in [1.807, 2.05) is 19.9 Å². The quantitative estimate of drug-likeness (QED) is 0.725. The Bertz CT molecular complexity index is 310. The van der Waals surface area contributed by atoms with Gasteiger partial charge in [-0.2, -0.15) is 5.26 Å². The molecule has 0 aromatic carbocycles. The highest BCUT2D eigenvalue weighted by atomic mass is 32.1. The summed E-state index contributed by atoms with van der Waals surface area (Å²) < 4.78 is 0. The maximum Gasteiger partial charge on any atom is 0.183 e. The molecule has 0 aliphatic heterocycles. The van der Waals surface area contributed by atoms with Crippen LogP contribution < -0.4 is 11.1 Å². The molecule has 3 N–H and O–H groups in total. The third-order valence-electron chi connectivity index (χ3n) is 1.17. The van der Waals surface area contributed by atoms with Crippen molar-refractivity contribution in [2.75, 3.05) is 11.1 Å². The lowest BCUT2D eigenvalue weighted by atomic mass is 10.4. The smallest absolute Gasteiger partial charge is 0.183 e. The predicted octanol–water partition coefficient (Wildman–Crippen LogP) is 1.42. The van der Waals surface area contributed by atoms with Gasteiger partial charge in [-0.25, -0.2) is 4.98 Å². The van der Waals surface area contributed by atoms with Gasteiger partial charge in [0.1, 0.15) is 6.07 Å². The Morgan fingerprint density at radius 2 is 2.33 bits per heavy atom. The molecule has 0 amide bonds. The fraction of sp³-hybridized carbons (Fsp3) is 0.429. The van der Waals surface area contributed by atoms with Crippen LogP contribution in [-0.2, 0) is 0 Å². The van der Waals surface area contributed by atoms with Gasteiger partial charge >= 0.3 is 0 Å². The number of nitrogens with two attached hydrogens (primary N) is 1. The van der Waals surface area contributed by atoms with Crippen molar-refractivity contribution in [2.24, 2.45) is 0 Å². The van der Waals surface area contributed by atoms with Gasteiger partial charge in [0, 0.05) is 6.04 Å². The third-order valence-corrected chi connectivity index (χ3v) is 1.96. The van der Waals surface area contributed by atoms with Crippen LogP contribution in [0.25, 0.3) is 0 Å². The van der Waals surface area contributed by atoms with E-state index < -0.39 is 0 Å². The summed E-state index contributed by atoms with van der Waals surface area (Å²) in [5.41, 5.74) is 5.45. The zero-order chi connectivity index (χ0) is 9.14. The van der Waals surface area contributed by atoms with Crippen LogP contribution in [0.15, 0.2) is 0 Å². The molecular weight excluding hydrogens is 172 g/mol. The van der Waals surface area contributed by atoms with Gasteiger partial charge in [0.05, 0.1) is 0 Å². The lowest BCUT2D eigenvalue weighted by molar-refractivity contribution is 0.891. The van der Waals surface area contributed by atoms with Gasteiger partial charge in [0.2, 0.25) is 0 Å². The van der Waals surface area contributed by atoms with Crippen molar-refractivity contribution >= 4 is 22.3 Å². The molecule has 1 heterocycles. The Morgan fingerprint density at radius 1 is 1.67 bits per heavy atom. The van der Waals surface area contributed by atoms with E-state index in [2.05, 4.69) is 10.3 Å². The van der Waals surface area contributed by atoms with Crippen molar-refractivity contribution in [1.29, 1.82) is 5.26 Å². The summed E-state index contributed by atoms with van der Waals surface area (Å²) >= 11 is 1.20. The second-order valence-electron chi connectivity index (χ2n) is 2.64. The molecule has 4 nitrogen and oxygen atoms in total. The summed E-state index contributed by atoms with van der Waals surface area (Å²) in [5, 5.41) is 12.1. The molecule has 0 aliphatic carbocycles. The molecule has 0 aliphatic rings. The highest BCUT2D eigenvalue weighted by Crippen LogP contribution is 2.23. The van der Waals surface area contributed by atoms with Crippen molar-refractivity contribution in [3.8, 4) is 6.07 Å². The molecule has 0 fully saturated rings. The number of nitrogens with one attached hydrogen (secondary N) is 1. The molecule has 1 rings (SSSR count). The van der Waals surface area contributed by atoms with Crippen molar-refractivity contribution in [3.05, 3.63) is 4.88 Å². The summed E-state index contributed by atoms with van der Waals surface area (Å²) in [7, 11) is 0. The minimum Gasteiger partial charge on any atom is -0.375 e. The fourth-order valence-corrected chi connectivity index (χ4v) is 1.38. The van der Waals surface area contributed by atoms with Gasteiger partial charge < -0.3 is 11.1 Å². The average molecular weight is 182 g/mol. The van der Waals surface area contributed by atoms with E-state index in [9.17, 15) is 0 Å². The SMILES string of the molecule is CC(C)Nc1nc(N)sc1C#N. The lowest BCUT2D eigenvalue weighted by Crippen LogP contribution is -2.10. The number of aromatic nitrogens is 1. The van der Waals surface area contributed by atoms with E-state index in [4.69, 9.17) is 11.0 Å². The van der Waals surface area contributed by atoms with E-state index in [1.165, 1.54) is 11.3 Å². The fourth-order valence-electron chi connectivity index (χ4n) is 0.784. The molecule has 0 radical (unpaired) electrons. The Kier molecular flexibility index (Phi) is 2.51. The molecule has 5 heteroatoms. The maximum absolute atomic E-state index is 8.67. The molecule has 12 heavy (non-hydrogen) atoms. The van der Waals surface area contributed by atoms with Crippen molar-refractivity contribution in [1.82, 2.24) is 4.98 Å². The minimum atomic E-state index is 0.263. The number of nitrogens with zero attached hydrogens (tertiary/aromatic N) is 2. The second-order valence-corrected chi connectivity index (χ2v) is 3.67. The highest BCUT2D eigenvalue weighted by Gasteiger charge is 2.08. The normalized spacial score (nSPS) is 9.83. The molecule has 0 bridgehead atoms. The molecule has 0 spiro atoms. The first kappa shape index (κ1) is 8.81. The summed E-state index contributed by atoms with van der Waals surface area (Å²) in [6.07, 6.45) is 0. The summed E-state index contributed by atoms with van der Waals surface area (Å²) in [4.78, 5) is 4.53. The van der Waals surface area contributed by atoms with Crippen LogP contribution in [0.5, 0.6) is 0 Å². The Labute approximate surface area is 75.0 Å². The van der Waals surface area contributed by atoms with Gasteiger partial charge in [0.25, 0.3) is 0 Å². The third kappa shape index (κ3) is 1.86. The molecule has 1 aromatic heterocycles. The van der Waals surface area contributed by atoms with Crippen LogP contribution >= 0.6 is 11.3 Å². The topological polar surface area (TPSA) is 74.7 Å². The molecule has 0 saturated carbocycles. The van der Waals surface area contributed by atoms with Gasteiger partial charge in [0.15, 0.2) is 15.8 Å². The summed E-state index contributed by atoms with van der Waals surface area (Å²) in [5.74, 6) is 0.593. The van der Waals surface area contributed by atoms with Crippen LogP contribution in [0.1, 0.15) is 18.7 Å². The molecule has 64 valence electrons. The zero-order valence-electron chi connectivity index (χ0n) is 6.96. The largest absolute Gasteiger partial charge is 0.375 e. The Balaban J connectivity index is 2.91. The Hall–Kier alpha value is -1.28. The highest BCUT2D eigenvalue weighted by molar-refractivity contribution is 7.16. The molecular formula is C7H10N4S. The number of hydrogen-bond acceptors (Lipinski definition) is 5. The lowest BCUT2D eigenvalue weighted by Gasteiger charge is -2.05. The molecule has 0 unspecified atom stereocenters. The first-order valence-electron chi connectivity index (χ1n) is 3.56. The Morgan fingerprint density at radius 3 is 2.83 bits per heavy atom. The van der Waals surface area contributed by atoms with Gasteiger partial charge in [-0.05, 0) is 13.8 Å². The van der Waals surface area contributed by atoms with E-state index in [0.717, 1.165) is 0 Å². The number of nitriles is 1. The van der Waals surface area contributed by atoms with Gasteiger partial charge in [-0.15, -0.1) is 0 Å². The monoisotopic (exact) mass is 182 g/mol. The number of nitrogen functional groups attached to an aromatic ring is 1. The van der Waals surface area contributed by atoms with Crippen molar-refractivity contribution < 1.29 is 0 Å². The minimum absolute atomic E-state index is 0.263. The van der Waals surface area contributed by atoms with Crippen LogP contribution in [-0.4, -0.2) is 11.0 Å². The van der Waals surface area contributed by atoms with E-state index in [1.54, 1.807) is 0 Å². The van der Waals surface area contributed by atoms with Crippen LogP contribution in [0, 0.1) is 11.3 Å². The van der Waals surface area contributed by atoms with E-state index >= 15 is 0 Å². The number of anilines is 2. The summed E-state index contributed by atoms with van der Waals surface area (Å²) in [6.45, 7) is 3.97. The first-order chi connectivity index (χ1) is 5.63. The molecule has 1 aromatic rings. The second kappa shape index (κ2) is 3.41.